The molecule has 2 aliphatic rings. The van der Waals surface area contributed by atoms with Crippen molar-refractivity contribution in [2.24, 2.45) is 5.92 Å². The number of aromatic nitrogens is 3. The van der Waals surface area contributed by atoms with E-state index in [0.717, 1.165) is 54.6 Å². The van der Waals surface area contributed by atoms with E-state index in [-0.39, 0.29) is 11.9 Å². The summed E-state index contributed by atoms with van der Waals surface area (Å²) in [6.07, 6.45) is 8.08. The second-order valence-electron chi connectivity index (χ2n) is 8.06. The maximum Gasteiger partial charge on any atom is 0.233 e. The fourth-order valence-electron chi connectivity index (χ4n) is 4.62. The molecule has 1 aromatic carbocycles. The van der Waals surface area contributed by atoms with Crippen LogP contribution in [0.25, 0.3) is 0 Å². The van der Waals surface area contributed by atoms with Gasteiger partial charge in [-0.3, -0.25) is 9.89 Å². The number of likely N-dealkylation sites (tertiary alicyclic amines) is 1. The van der Waals surface area contributed by atoms with Crippen molar-refractivity contribution in [3.63, 3.8) is 0 Å². The predicted molar refractivity (Wildman–Crippen MR) is 116 cm³/mol. The van der Waals surface area contributed by atoms with E-state index in [4.69, 9.17) is 9.47 Å². The minimum atomic E-state index is 0.00761. The van der Waals surface area contributed by atoms with Crippen molar-refractivity contribution in [2.45, 2.75) is 56.1 Å². The van der Waals surface area contributed by atoms with Crippen LogP contribution >= 0.6 is 11.8 Å². The van der Waals surface area contributed by atoms with E-state index < -0.39 is 0 Å². The van der Waals surface area contributed by atoms with E-state index in [1.807, 2.05) is 23.1 Å². The Bertz CT molecular complexity index is 866. The maximum absolute atomic E-state index is 13.0. The van der Waals surface area contributed by atoms with E-state index in [1.54, 1.807) is 14.2 Å². The van der Waals surface area contributed by atoms with Gasteiger partial charge in [0.15, 0.2) is 0 Å². The Labute approximate surface area is 181 Å². The van der Waals surface area contributed by atoms with E-state index in [1.165, 1.54) is 37.4 Å². The monoisotopic (exact) mass is 430 g/mol. The number of carbonyl (C=O) groups excluding carboxylic acids is 1. The molecule has 1 unspecified atom stereocenters. The number of amides is 1. The van der Waals surface area contributed by atoms with Crippen molar-refractivity contribution in [1.29, 1.82) is 0 Å². The maximum atomic E-state index is 13.0. The Morgan fingerprint density at radius 3 is 2.80 bits per heavy atom. The lowest BCUT2D eigenvalue weighted by Crippen LogP contribution is -2.32. The largest absolute Gasteiger partial charge is 0.497 e. The van der Waals surface area contributed by atoms with Crippen molar-refractivity contribution in [3.05, 3.63) is 29.6 Å². The van der Waals surface area contributed by atoms with Gasteiger partial charge in [-0.05, 0) is 37.0 Å². The van der Waals surface area contributed by atoms with Crippen LogP contribution in [0.2, 0.25) is 0 Å². The molecular formula is C22H30N4O3S. The van der Waals surface area contributed by atoms with Gasteiger partial charge in [0.05, 0.1) is 26.0 Å². The lowest BCUT2D eigenvalue weighted by atomic mass is 10.0. The molecule has 1 aliphatic carbocycles. The first kappa shape index (κ1) is 21.0. The number of carbonyl (C=O) groups is 1. The highest BCUT2D eigenvalue weighted by Crippen LogP contribution is 2.39. The number of thioether (sulfide) groups is 1. The lowest BCUT2D eigenvalue weighted by molar-refractivity contribution is -0.129. The van der Waals surface area contributed by atoms with Crippen LogP contribution in [0.4, 0.5) is 0 Å². The van der Waals surface area contributed by atoms with Crippen LogP contribution in [-0.2, 0) is 11.2 Å². The number of hydrogen-bond acceptors (Lipinski definition) is 6. The minimum Gasteiger partial charge on any atom is -0.497 e. The van der Waals surface area contributed by atoms with Gasteiger partial charge in [-0.15, -0.1) is 5.10 Å². The Morgan fingerprint density at radius 2 is 2.03 bits per heavy atom. The van der Waals surface area contributed by atoms with Gasteiger partial charge in [-0.2, -0.15) is 0 Å². The first-order valence-electron chi connectivity index (χ1n) is 10.7. The molecule has 30 heavy (non-hydrogen) atoms. The van der Waals surface area contributed by atoms with Gasteiger partial charge in [0, 0.05) is 18.5 Å². The third kappa shape index (κ3) is 4.74. The number of aromatic amines is 1. The molecule has 1 atom stereocenters. The molecule has 2 aromatic rings. The summed E-state index contributed by atoms with van der Waals surface area (Å²) in [6, 6.07) is 5.77. The molecule has 1 saturated carbocycles. The topological polar surface area (TPSA) is 80.3 Å². The van der Waals surface area contributed by atoms with Gasteiger partial charge in [0.1, 0.15) is 17.3 Å². The van der Waals surface area contributed by atoms with Crippen molar-refractivity contribution in [2.75, 3.05) is 26.5 Å². The van der Waals surface area contributed by atoms with Crippen LogP contribution in [0.3, 0.4) is 0 Å². The molecule has 7 nitrogen and oxygen atoms in total. The molecule has 1 aromatic heterocycles. The molecule has 2 heterocycles. The molecule has 0 spiro atoms. The lowest BCUT2D eigenvalue weighted by Gasteiger charge is -2.26. The third-order valence-corrected chi connectivity index (χ3v) is 6.99. The van der Waals surface area contributed by atoms with E-state index in [2.05, 4.69) is 15.2 Å². The molecule has 1 aliphatic heterocycles. The second-order valence-corrected chi connectivity index (χ2v) is 9.00. The van der Waals surface area contributed by atoms with E-state index in [9.17, 15) is 4.79 Å². The number of nitrogens with one attached hydrogen (secondary N) is 1. The number of methoxy groups -OCH3 is 2. The number of rotatable bonds is 8. The first-order chi connectivity index (χ1) is 14.7. The second kappa shape index (κ2) is 9.73. The van der Waals surface area contributed by atoms with Crippen LogP contribution in [0.15, 0.2) is 23.4 Å². The van der Waals surface area contributed by atoms with Crippen LogP contribution in [0.5, 0.6) is 11.5 Å². The number of ether oxygens (including phenoxy) is 2. The smallest absolute Gasteiger partial charge is 0.233 e. The van der Waals surface area contributed by atoms with Gasteiger partial charge in [0.2, 0.25) is 11.1 Å². The zero-order chi connectivity index (χ0) is 20.9. The summed E-state index contributed by atoms with van der Waals surface area (Å²) in [4.78, 5) is 19.6. The molecule has 0 radical (unpaired) electrons. The Kier molecular flexibility index (Phi) is 6.82. The summed E-state index contributed by atoms with van der Waals surface area (Å²) in [5, 5.41) is 8.01. The standard InChI is InChI=1S/C22H30N4O3S/c1-28-16-9-10-19(29-2)17(13-16)18-8-5-11-26(18)21(27)14-30-22-23-20(24-25-22)12-15-6-3-4-7-15/h9-10,13,15,18H,3-8,11-12,14H2,1-2H3,(H,23,24,25). The molecule has 1 N–H and O–H groups in total. The quantitative estimate of drug-likeness (QED) is 0.638. The van der Waals surface area contributed by atoms with Crippen LogP contribution < -0.4 is 9.47 Å². The summed E-state index contributed by atoms with van der Waals surface area (Å²) < 4.78 is 10.9. The molecule has 1 saturated heterocycles. The summed E-state index contributed by atoms with van der Waals surface area (Å²) in [6.45, 7) is 0.755. The fourth-order valence-corrected chi connectivity index (χ4v) is 5.32. The van der Waals surface area contributed by atoms with Crippen molar-refractivity contribution >= 4 is 17.7 Å². The van der Waals surface area contributed by atoms with Crippen molar-refractivity contribution in [3.8, 4) is 11.5 Å². The Balaban J connectivity index is 1.38. The number of hydrogen-bond donors (Lipinski definition) is 1. The van der Waals surface area contributed by atoms with Crippen LogP contribution in [-0.4, -0.2) is 52.5 Å². The van der Waals surface area contributed by atoms with Gasteiger partial charge in [-0.25, -0.2) is 4.98 Å². The van der Waals surface area contributed by atoms with Gasteiger partial charge >= 0.3 is 0 Å². The molecule has 162 valence electrons. The zero-order valence-corrected chi connectivity index (χ0v) is 18.5. The van der Waals surface area contributed by atoms with Gasteiger partial charge in [-0.1, -0.05) is 37.4 Å². The SMILES string of the molecule is COc1ccc(OC)c(C2CCCN2C(=O)CSc2n[nH]c(CC3CCCC3)n2)c1. The van der Waals surface area contributed by atoms with Crippen LogP contribution in [0, 0.1) is 5.92 Å². The highest BCUT2D eigenvalue weighted by Gasteiger charge is 2.32. The molecule has 2 fully saturated rings. The van der Waals surface area contributed by atoms with E-state index in [0.29, 0.717) is 10.9 Å². The highest BCUT2D eigenvalue weighted by molar-refractivity contribution is 7.99. The summed E-state index contributed by atoms with van der Waals surface area (Å²) in [5.74, 6) is 3.67. The summed E-state index contributed by atoms with van der Waals surface area (Å²) in [5.41, 5.74) is 1.00. The normalized spacial score (nSPS) is 19.4. The summed E-state index contributed by atoms with van der Waals surface area (Å²) in [7, 11) is 3.31. The molecule has 4 rings (SSSR count). The third-order valence-electron chi connectivity index (χ3n) is 6.16. The number of benzene rings is 1. The van der Waals surface area contributed by atoms with Gasteiger partial charge in [0.25, 0.3) is 0 Å². The molecule has 1 amide bonds. The summed E-state index contributed by atoms with van der Waals surface area (Å²) >= 11 is 1.41. The highest BCUT2D eigenvalue weighted by atomic mass is 32.2. The Hall–Kier alpha value is -2.22. The number of nitrogens with zero attached hydrogens (tertiary/aromatic N) is 3. The first-order valence-corrected chi connectivity index (χ1v) is 11.7. The predicted octanol–water partition coefficient (Wildman–Crippen LogP) is 4.01. The molecular weight excluding hydrogens is 400 g/mol. The fraction of sp³-hybridized carbons (Fsp3) is 0.591. The number of H-pyrrole nitrogens is 1. The molecule has 8 heteroatoms. The molecule has 0 bridgehead atoms. The average molecular weight is 431 g/mol. The van der Waals surface area contributed by atoms with Crippen molar-refractivity contribution < 1.29 is 14.3 Å². The Morgan fingerprint density at radius 1 is 1.20 bits per heavy atom. The van der Waals surface area contributed by atoms with Gasteiger partial charge < -0.3 is 14.4 Å². The van der Waals surface area contributed by atoms with E-state index >= 15 is 0 Å². The van der Waals surface area contributed by atoms with Crippen molar-refractivity contribution in [1.82, 2.24) is 20.1 Å². The zero-order valence-electron chi connectivity index (χ0n) is 17.7. The average Bonchev–Trinajstić information content (AvgIpc) is 3.54. The minimum absolute atomic E-state index is 0.00761. The van der Waals surface area contributed by atoms with Crippen LogP contribution in [0.1, 0.15) is 56.0 Å².